The van der Waals surface area contributed by atoms with Crippen LogP contribution in [0.4, 0.5) is 17.2 Å². The first kappa shape index (κ1) is 22.3. The molecule has 0 bridgehead atoms. The van der Waals surface area contributed by atoms with Crippen LogP contribution in [0.2, 0.25) is 0 Å². The summed E-state index contributed by atoms with van der Waals surface area (Å²) in [7, 11) is 0. The van der Waals surface area contributed by atoms with Gasteiger partial charge in [-0.15, -0.1) is 0 Å². The number of fused-ring (bicyclic) bond motifs is 2. The van der Waals surface area contributed by atoms with Crippen molar-refractivity contribution in [2.45, 2.75) is 76.9 Å². The Kier molecular flexibility index (Phi) is 6.36. The average molecular weight is 452 g/mol. The van der Waals surface area contributed by atoms with Gasteiger partial charge in [0.25, 0.3) is 5.91 Å². The van der Waals surface area contributed by atoms with Gasteiger partial charge >= 0.3 is 0 Å². The maximum Gasteiger partial charge on any atom is 0.256 e. The maximum atomic E-state index is 13.8. The zero-order valence-corrected chi connectivity index (χ0v) is 19.6. The smallest absolute Gasteiger partial charge is 0.256 e. The van der Waals surface area contributed by atoms with E-state index in [1.807, 2.05) is 30.9 Å². The Morgan fingerprint density at radius 2 is 2.09 bits per heavy atom. The van der Waals surface area contributed by atoms with Crippen LogP contribution < -0.4 is 10.2 Å². The van der Waals surface area contributed by atoms with Crippen molar-refractivity contribution >= 4 is 23.1 Å². The number of ether oxygens (including phenoxy) is 3. The lowest BCUT2D eigenvalue weighted by Gasteiger charge is -2.33. The van der Waals surface area contributed by atoms with Crippen molar-refractivity contribution in [3.05, 3.63) is 47.7 Å². The minimum absolute atomic E-state index is 0.00868. The summed E-state index contributed by atoms with van der Waals surface area (Å²) in [5.41, 5.74) is 3.94. The van der Waals surface area contributed by atoms with Crippen molar-refractivity contribution in [3.8, 4) is 0 Å². The van der Waals surface area contributed by atoms with E-state index >= 15 is 0 Å². The maximum absolute atomic E-state index is 13.8. The number of nitrogens with one attached hydrogen (secondary N) is 1. The van der Waals surface area contributed by atoms with E-state index in [2.05, 4.69) is 35.4 Å². The molecule has 2 aromatic rings. The van der Waals surface area contributed by atoms with Crippen molar-refractivity contribution < 1.29 is 19.0 Å². The lowest BCUT2D eigenvalue weighted by molar-refractivity contribution is -0.143. The predicted molar refractivity (Wildman–Crippen MR) is 127 cm³/mol. The highest BCUT2D eigenvalue weighted by molar-refractivity contribution is 6.01. The Hall–Kier alpha value is -2.48. The van der Waals surface area contributed by atoms with E-state index in [0.717, 1.165) is 42.2 Å². The molecule has 7 heteroatoms. The number of aromatic nitrogens is 1. The van der Waals surface area contributed by atoms with Crippen LogP contribution in [0.25, 0.3) is 0 Å². The molecule has 33 heavy (non-hydrogen) atoms. The molecule has 1 amide bonds. The monoisotopic (exact) mass is 451 g/mol. The molecule has 0 radical (unpaired) electrons. The number of pyridine rings is 1. The van der Waals surface area contributed by atoms with Crippen LogP contribution in [0.15, 0.2) is 36.5 Å². The van der Waals surface area contributed by atoms with Gasteiger partial charge in [0.05, 0.1) is 42.8 Å². The van der Waals surface area contributed by atoms with E-state index in [1.54, 1.807) is 6.20 Å². The van der Waals surface area contributed by atoms with Crippen LogP contribution in [-0.4, -0.2) is 48.5 Å². The van der Waals surface area contributed by atoms with Crippen molar-refractivity contribution in [2.75, 3.05) is 23.4 Å². The van der Waals surface area contributed by atoms with Gasteiger partial charge in [0.2, 0.25) is 0 Å². The van der Waals surface area contributed by atoms with Crippen LogP contribution >= 0.6 is 0 Å². The number of anilines is 3. The SMILES string of the molecule is CC(C)O[C@H]1CC[C@H](C(=O)N2Cc3cccnc3Nc3ccc([C@@H]4CCO[C@@H]4C)cc32)OC1. The fourth-order valence-electron chi connectivity index (χ4n) is 5.12. The quantitative estimate of drug-likeness (QED) is 0.736. The van der Waals surface area contributed by atoms with Gasteiger partial charge in [-0.1, -0.05) is 12.1 Å². The highest BCUT2D eigenvalue weighted by Crippen LogP contribution is 2.40. The summed E-state index contributed by atoms with van der Waals surface area (Å²) in [5.74, 6) is 1.11. The average Bonchev–Trinajstić information content (AvgIpc) is 3.16. The van der Waals surface area contributed by atoms with E-state index in [1.165, 1.54) is 5.56 Å². The number of hydrogen-bond donors (Lipinski definition) is 1. The summed E-state index contributed by atoms with van der Waals surface area (Å²) >= 11 is 0. The van der Waals surface area contributed by atoms with Crippen molar-refractivity contribution in [2.24, 2.45) is 0 Å². The molecule has 2 saturated heterocycles. The summed E-state index contributed by atoms with van der Waals surface area (Å²) in [6.45, 7) is 7.84. The fourth-order valence-corrected chi connectivity index (χ4v) is 5.12. The molecule has 3 aliphatic rings. The summed E-state index contributed by atoms with van der Waals surface area (Å²) in [6, 6.07) is 10.3. The van der Waals surface area contributed by atoms with Gasteiger partial charge in [-0.05, 0) is 63.8 Å². The normalized spacial score (nSPS) is 27.0. The Labute approximate surface area is 195 Å². The minimum atomic E-state index is -0.472. The third-order valence-electron chi connectivity index (χ3n) is 6.83. The van der Waals surface area contributed by atoms with Gasteiger partial charge in [-0.25, -0.2) is 4.98 Å². The molecule has 5 rings (SSSR count). The molecule has 1 aromatic heterocycles. The fraction of sp³-hybridized carbons (Fsp3) is 0.538. The topological polar surface area (TPSA) is 72.9 Å². The van der Waals surface area contributed by atoms with Crippen molar-refractivity contribution in [1.29, 1.82) is 0 Å². The zero-order chi connectivity index (χ0) is 22.9. The standard InChI is InChI=1S/C26H33N3O4/c1-16(2)33-20-7-9-24(32-15-20)26(30)29-14-19-5-4-11-27-25(19)28-22-8-6-18(13-23(22)29)21-10-12-31-17(21)3/h4-6,8,11,13,16-17,20-21,24H,7,9-10,12,14-15H2,1-3H3,(H,27,28)/t17-,20+,21-,24-/m1/s1. The largest absolute Gasteiger partial charge is 0.378 e. The number of benzene rings is 1. The molecule has 0 unspecified atom stereocenters. The van der Waals surface area contributed by atoms with E-state index in [4.69, 9.17) is 14.2 Å². The predicted octanol–water partition coefficient (Wildman–Crippen LogP) is 4.54. The van der Waals surface area contributed by atoms with E-state index < -0.39 is 6.10 Å². The number of rotatable bonds is 4. The molecular weight excluding hydrogens is 418 g/mol. The van der Waals surface area contributed by atoms with Crippen LogP contribution in [0.5, 0.6) is 0 Å². The molecule has 1 aromatic carbocycles. The van der Waals surface area contributed by atoms with Crippen molar-refractivity contribution in [3.63, 3.8) is 0 Å². The molecule has 0 aliphatic carbocycles. The highest BCUT2D eigenvalue weighted by atomic mass is 16.5. The van der Waals surface area contributed by atoms with Gasteiger partial charge in [0, 0.05) is 24.3 Å². The molecule has 7 nitrogen and oxygen atoms in total. The number of hydrogen-bond acceptors (Lipinski definition) is 6. The van der Waals surface area contributed by atoms with E-state index in [9.17, 15) is 4.79 Å². The van der Waals surface area contributed by atoms with E-state index in [0.29, 0.717) is 25.5 Å². The Morgan fingerprint density at radius 1 is 1.21 bits per heavy atom. The molecule has 3 aliphatic heterocycles. The summed E-state index contributed by atoms with van der Waals surface area (Å²) in [4.78, 5) is 20.2. The Morgan fingerprint density at radius 3 is 2.82 bits per heavy atom. The third-order valence-corrected chi connectivity index (χ3v) is 6.83. The Balaban J connectivity index is 1.45. The number of nitrogens with zero attached hydrogens (tertiary/aromatic N) is 2. The van der Waals surface area contributed by atoms with Crippen LogP contribution in [0.1, 0.15) is 57.1 Å². The summed E-state index contributed by atoms with van der Waals surface area (Å²) in [6.07, 6.45) is 4.14. The lowest BCUT2D eigenvalue weighted by Crippen LogP contribution is -2.44. The van der Waals surface area contributed by atoms with Gasteiger partial charge in [0.1, 0.15) is 11.9 Å². The second-order valence-electron chi connectivity index (χ2n) is 9.51. The molecule has 0 saturated carbocycles. The van der Waals surface area contributed by atoms with Crippen LogP contribution in [0.3, 0.4) is 0 Å². The first-order valence-corrected chi connectivity index (χ1v) is 12.0. The molecule has 4 atom stereocenters. The molecule has 4 heterocycles. The Bertz CT molecular complexity index is 1000. The number of carbonyl (C=O) groups excluding carboxylic acids is 1. The molecular formula is C26H33N3O4. The van der Waals surface area contributed by atoms with E-state index in [-0.39, 0.29) is 24.2 Å². The lowest BCUT2D eigenvalue weighted by atomic mass is 9.92. The van der Waals surface area contributed by atoms with Gasteiger partial charge in [0.15, 0.2) is 0 Å². The summed E-state index contributed by atoms with van der Waals surface area (Å²) in [5, 5.41) is 3.45. The van der Waals surface area contributed by atoms with Gasteiger partial charge in [-0.2, -0.15) is 0 Å². The highest BCUT2D eigenvalue weighted by Gasteiger charge is 2.35. The summed E-state index contributed by atoms with van der Waals surface area (Å²) < 4.78 is 17.7. The molecule has 176 valence electrons. The first-order valence-electron chi connectivity index (χ1n) is 12.0. The first-order chi connectivity index (χ1) is 16.0. The van der Waals surface area contributed by atoms with Crippen molar-refractivity contribution in [1.82, 2.24) is 4.98 Å². The van der Waals surface area contributed by atoms with Gasteiger partial charge in [-0.3, -0.25) is 4.79 Å². The second kappa shape index (κ2) is 9.41. The molecule has 1 N–H and O–H groups in total. The molecule has 2 fully saturated rings. The number of carbonyl (C=O) groups is 1. The zero-order valence-electron chi connectivity index (χ0n) is 19.6. The van der Waals surface area contributed by atoms with Crippen LogP contribution in [-0.2, 0) is 25.5 Å². The third kappa shape index (κ3) is 4.63. The minimum Gasteiger partial charge on any atom is -0.378 e. The van der Waals surface area contributed by atoms with Crippen LogP contribution in [0, 0.1) is 0 Å². The number of amides is 1. The second-order valence-corrected chi connectivity index (χ2v) is 9.51. The van der Waals surface area contributed by atoms with Gasteiger partial charge < -0.3 is 24.4 Å². The molecule has 0 spiro atoms.